The Balaban J connectivity index is 1.52. The molecule has 13 heteroatoms. The third kappa shape index (κ3) is 7.73. The number of anilines is 3. The van der Waals surface area contributed by atoms with Crippen LogP contribution in [-0.4, -0.2) is 29.3 Å². The standard InChI is InChI=1S/C30H28F3N3O5S2/c1-3-22-9-13-26(14-10-22)36(43(40,41)28-15-7-21(2)8-16-28)20-29(37)34-24-11-17-27(18-12-24)42(38,39)35-25-6-4-5-23(19-25)30(31,32)33/h4-19,35H,3,20H2,1-2H3,(H,34,37). The predicted octanol–water partition coefficient (Wildman–Crippen LogP) is 6.21. The number of nitrogens with zero attached hydrogens (tertiary/aromatic N) is 1. The minimum Gasteiger partial charge on any atom is -0.325 e. The Kier molecular flexibility index (Phi) is 9.16. The first-order valence-corrected chi connectivity index (χ1v) is 15.9. The molecule has 0 heterocycles. The number of alkyl halides is 3. The monoisotopic (exact) mass is 631 g/mol. The van der Waals surface area contributed by atoms with Crippen molar-refractivity contribution in [1.82, 2.24) is 0 Å². The topological polar surface area (TPSA) is 113 Å². The van der Waals surface area contributed by atoms with Gasteiger partial charge in [-0.3, -0.25) is 13.8 Å². The summed E-state index contributed by atoms with van der Waals surface area (Å²) in [7, 11) is -8.38. The summed E-state index contributed by atoms with van der Waals surface area (Å²) >= 11 is 0. The van der Waals surface area contributed by atoms with Gasteiger partial charge in [0.15, 0.2) is 0 Å². The molecule has 2 N–H and O–H groups in total. The maximum absolute atomic E-state index is 13.6. The van der Waals surface area contributed by atoms with Crippen molar-refractivity contribution < 1.29 is 34.8 Å². The fourth-order valence-electron chi connectivity index (χ4n) is 4.07. The lowest BCUT2D eigenvalue weighted by Gasteiger charge is -2.24. The average Bonchev–Trinajstić information content (AvgIpc) is 2.96. The molecule has 1 amide bonds. The van der Waals surface area contributed by atoms with E-state index in [0.717, 1.165) is 46.1 Å². The fraction of sp³-hybridized carbons (Fsp3) is 0.167. The van der Waals surface area contributed by atoms with Gasteiger partial charge < -0.3 is 5.32 Å². The van der Waals surface area contributed by atoms with Gasteiger partial charge in [-0.25, -0.2) is 16.8 Å². The molecule has 0 saturated carbocycles. The zero-order chi connectivity index (χ0) is 31.4. The van der Waals surface area contributed by atoms with Gasteiger partial charge in [0.2, 0.25) is 5.91 Å². The first-order valence-electron chi connectivity index (χ1n) is 13.0. The van der Waals surface area contributed by atoms with Crippen LogP contribution in [0.15, 0.2) is 107 Å². The van der Waals surface area contributed by atoms with E-state index in [-0.39, 0.29) is 26.9 Å². The Bertz CT molecular complexity index is 1810. The van der Waals surface area contributed by atoms with Gasteiger partial charge in [0.1, 0.15) is 6.54 Å². The van der Waals surface area contributed by atoms with E-state index in [1.807, 2.05) is 13.8 Å². The van der Waals surface area contributed by atoms with E-state index in [1.54, 1.807) is 36.4 Å². The van der Waals surface area contributed by atoms with Crippen molar-refractivity contribution in [2.24, 2.45) is 0 Å². The van der Waals surface area contributed by atoms with Crippen LogP contribution >= 0.6 is 0 Å². The Morgan fingerprint density at radius 3 is 1.98 bits per heavy atom. The summed E-state index contributed by atoms with van der Waals surface area (Å²) in [6, 6.07) is 21.7. The third-order valence-electron chi connectivity index (χ3n) is 6.42. The molecular formula is C30H28F3N3O5S2. The Morgan fingerprint density at radius 1 is 0.791 bits per heavy atom. The molecule has 4 aromatic carbocycles. The van der Waals surface area contributed by atoms with E-state index in [4.69, 9.17) is 0 Å². The van der Waals surface area contributed by atoms with Gasteiger partial charge in [0.05, 0.1) is 21.0 Å². The van der Waals surface area contributed by atoms with Crippen LogP contribution in [0.4, 0.5) is 30.2 Å². The molecule has 0 fully saturated rings. The van der Waals surface area contributed by atoms with Gasteiger partial charge in [-0.1, -0.05) is 42.8 Å². The van der Waals surface area contributed by atoms with Gasteiger partial charge in [-0.2, -0.15) is 13.2 Å². The molecule has 4 rings (SSSR count). The van der Waals surface area contributed by atoms with E-state index < -0.39 is 44.2 Å². The molecule has 4 aromatic rings. The number of nitrogens with one attached hydrogen (secondary N) is 2. The smallest absolute Gasteiger partial charge is 0.325 e. The van der Waals surface area contributed by atoms with Gasteiger partial charge in [0, 0.05) is 11.4 Å². The summed E-state index contributed by atoms with van der Waals surface area (Å²) in [5.74, 6) is -0.687. The first kappa shape index (κ1) is 31.6. The van der Waals surface area contributed by atoms with Crippen LogP contribution in [0.2, 0.25) is 0 Å². The molecule has 0 spiro atoms. The van der Waals surface area contributed by atoms with E-state index in [9.17, 15) is 34.8 Å². The van der Waals surface area contributed by atoms with Crippen molar-refractivity contribution >= 4 is 43.0 Å². The molecule has 0 aliphatic heterocycles. The Morgan fingerprint density at radius 2 is 1.40 bits per heavy atom. The minimum atomic E-state index is -4.64. The summed E-state index contributed by atoms with van der Waals surface area (Å²) < 4.78 is 94.8. The number of halogens is 3. The zero-order valence-corrected chi connectivity index (χ0v) is 24.7. The third-order valence-corrected chi connectivity index (χ3v) is 9.60. The lowest BCUT2D eigenvalue weighted by Crippen LogP contribution is -2.38. The number of carbonyl (C=O) groups is 1. The maximum Gasteiger partial charge on any atom is 0.416 e. The number of hydrogen-bond donors (Lipinski definition) is 2. The van der Waals surface area contributed by atoms with Gasteiger partial charge in [-0.15, -0.1) is 0 Å². The second-order valence-corrected chi connectivity index (χ2v) is 13.1. The molecule has 0 saturated heterocycles. The average molecular weight is 632 g/mol. The first-order chi connectivity index (χ1) is 20.2. The summed E-state index contributed by atoms with van der Waals surface area (Å²) in [5.41, 5.74) is 1.04. The largest absolute Gasteiger partial charge is 0.416 e. The fourth-order valence-corrected chi connectivity index (χ4v) is 6.54. The number of carbonyl (C=O) groups excluding carboxylic acids is 1. The summed E-state index contributed by atoms with van der Waals surface area (Å²) in [5, 5.41) is 2.56. The van der Waals surface area contributed by atoms with E-state index >= 15 is 0 Å². The number of aryl methyl sites for hydroxylation is 2. The number of hydrogen-bond acceptors (Lipinski definition) is 5. The molecule has 0 radical (unpaired) electrons. The van der Waals surface area contributed by atoms with Crippen LogP contribution in [-0.2, 0) is 37.4 Å². The summed E-state index contributed by atoms with van der Waals surface area (Å²) in [4.78, 5) is 12.8. The quantitative estimate of drug-likeness (QED) is 0.216. The number of amides is 1. The van der Waals surface area contributed by atoms with E-state index in [0.29, 0.717) is 6.07 Å². The molecule has 0 atom stereocenters. The minimum absolute atomic E-state index is 0.00768. The van der Waals surface area contributed by atoms with E-state index in [1.165, 1.54) is 30.3 Å². The van der Waals surface area contributed by atoms with Crippen molar-refractivity contribution in [3.8, 4) is 0 Å². The lowest BCUT2D eigenvalue weighted by molar-refractivity contribution is -0.137. The van der Waals surface area contributed by atoms with Crippen LogP contribution in [0, 0.1) is 6.92 Å². The lowest BCUT2D eigenvalue weighted by atomic mass is 10.1. The molecule has 0 aromatic heterocycles. The van der Waals surface area contributed by atoms with Crippen LogP contribution in [0.25, 0.3) is 0 Å². The predicted molar refractivity (Wildman–Crippen MR) is 159 cm³/mol. The molecule has 0 bridgehead atoms. The van der Waals surface area contributed by atoms with Crippen LogP contribution in [0.1, 0.15) is 23.6 Å². The van der Waals surface area contributed by atoms with Gasteiger partial charge in [0.25, 0.3) is 20.0 Å². The Labute approximate surface area is 248 Å². The molecule has 0 aliphatic carbocycles. The highest BCUT2D eigenvalue weighted by atomic mass is 32.2. The number of sulfonamides is 2. The SMILES string of the molecule is CCc1ccc(N(CC(=O)Nc2ccc(S(=O)(=O)Nc3cccc(C(F)(F)F)c3)cc2)S(=O)(=O)c2ccc(C)cc2)cc1. The van der Waals surface area contributed by atoms with Crippen molar-refractivity contribution in [2.75, 3.05) is 20.9 Å². The molecular weight excluding hydrogens is 603 g/mol. The van der Waals surface area contributed by atoms with Gasteiger partial charge >= 0.3 is 6.18 Å². The van der Waals surface area contributed by atoms with Crippen molar-refractivity contribution in [3.63, 3.8) is 0 Å². The molecule has 43 heavy (non-hydrogen) atoms. The number of benzene rings is 4. The highest BCUT2D eigenvalue weighted by Crippen LogP contribution is 2.31. The van der Waals surface area contributed by atoms with Crippen molar-refractivity contribution in [2.45, 2.75) is 36.2 Å². The highest BCUT2D eigenvalue weighted by Gasteiger charge is 2.31. The van der Waals surface area contributed by atoms with Crippen molar-refractivity contribution in [1.29, 1.82) is 0 Å². The van der Waals surface area contributed by atoms with E-state index in [2.05, 4.69) is 10.0 Å². The molecule has 8 nitrogen and oxygen atoms in total. The molecule has 226 valence electrons. The second-order valence-electron chi connectivity index (χ2n) is 9.60. The van der Waals surface area contributed by atoms with Crippen LogP contribution in [0.3, 0.4) is 0 Å². The summed E-state index contributed by atoms with van der Waals surface area (Å²) in [6.07, 6.45) is -3.90. The zero-order valence-electron chi connectivity index (χ0n) is 23.1. The Hall–Kier alpha value is -4.36. The van der Waals surface area contributed by atoms with Crippen LogP contribution < -0.4 is 14.3 Å². The normalized spacial score (nSPS) is 12.0. The molecule has 0 unspecified atom stereocenters. The highest BCUT2D eigenvalue weighted by molar-refractivity contribution is 7.93. The van der Waals surface area contributed by atoms with Crippen LogP contribution in [0.5, 0.6) is 0 Å². The summed E-state index contributed by atoms with van der Waals surface area (Å²) in [6.45, 7) is 3.21. The van der Waals surface area contributed by atoms with Gasteiger partial charge in [-0.05, 0) is 85.6 Å². The second kappa shape index (κ2) is 12.5. The van der Waals surface area contributed by atoms with Crippen molar-refractivity contribution in [3.05, 3.63) is 114 Å². The maximum atomic E-state index is 13.6. The number of rotatable bonds is 10. The molecule has 0 aliphatic rings.